The minimum Gasteiger partial charge on any atom is -0.487 e. The van der Waals surface area contributed by atoms with E-state index in [0.29, 0.717) is 12.2 Å². The Hall–Kier alpha value is -3.16. The van der Waals surface area contributed by atoms with Crippen LogP contribution in [-0.2, 0) is 14.3 Å². The summed E-state index contributed by atoms with van der Waals surface area (Å²) in [5, 5.41) is 2.68. The second-order valence-electron chi connectivity index (χ2n) is 12.4. The standard InChI is InChI=1S/C35H54N2O6/c1-5-6-7-8-9-10-11-12-13-14-15-16-17-18-19-20-32(41)42-25-27(37-26(2)38)23-29(39)28-21-22-31-33(34(28)36)30(40)24-35(3,4)43-31/h12-13,21-22,27H,5-11,14-20,23-25,36H2,1-4H3,(H,37,38). The minimum atomic E-state index is -0.704. The van der Waals surface area contributed by atoms with E-state index in [1.807, 2.05) is 13.8 Å². The van der Waals surface area contributed by atoms with Crippen LogP contribution in [0.3, 0.4) is 0 Å². The topological polar surface area (TPSA) is 125 Å². The number of carbonyl (C=O) groups excluding carboxylic acids is 4. The van der Waals surface area contributed by atoms with Crippen LogP contribution in [0, 0.1) is 0 Å². The Morgan fingerprint density at radius 2 is 1.58 bits per heavy atom. The number of allylic oxidation sites excluding steroid dienone is 2. The number of Topliss-reactive ketones (excluding diaryl/α,β-unsaturated/α-hetero) is 2. The molecule has 1 heterocycles. The third-order valence-corrected chi connectivity index (χ3v) is 7.69. The van der Waals surface area contributed by atoms with E-state index in [4.69, 9.17) is 15.2 Å². The van der Waals surface area contributed by atoms with Gasteiger partial charge in [-0.3, -0.25) is 19.2 Å². The van der Waals surface area contributed by atoms with Gasteiger partial charge in [-0.1, -0.05) is 70.4 Å². The largest absolute Gasteiger partial charge is 0.487 e. The molecule has 8 heteroatoms. The summed E-state index contributed by atoms with van der Waals surface area (Å²) in [4.78, 5) is 49.9. The molecule has 1 amide bonds. The number of esters is 1. The fraction of sp³-hybridized carbons (Fsp3) is 0.657. The average molecular weight is 599 g/mol. The van der Waals surface area contributed by atoms with Crippen molar-refractivity contribution >= 4 is 29.1 Å². The normalized spacial score (nSPS) is 14.7. The Balaban J connectivity index is 1.68. The number of rotatable bonds is 21. The van der Waals surface area contributed by atoms with Crippen molar-refractivity contribution in [3.63, 3.8) is 0 Å². The molecule has 1 aliphatic rings. The van der Waals surface area contributed by atoms with Crippen molar-refractivity contribution in [1.82, 2.24) is 5.32 Å². The molecule has 0 spiro atoms. The van der Waals surface area contributed by atoms with Gasteiger partial charge in [0, 0.05) is 25.3 Å². The minimum absolute atomic E-state index is 0.0748. The van der Waals surface area contributed by atoms with E-state index in [2.05, 4.69) is 24.4 Å². The summed E-state index contributed by atoms with van der Waals surface area (Å²) in [6.07, 6.45) is 20.3. The van der Waals surface area contributed by atoms with Gasteiger partial charge >= 0.3 is 5.97 Å². The molecule has 1 atom stereocenters. The van der Waals surface area contributed by atoms with E-state index in [1.165, 1.54) is 57.9 Å². The summed E-state index contributed by atoms with van der Waals surface area (Å²) >= 11 is 0. The van der Waals surface area contributed by atoms with Gasteiger partial charge in [0.2, 0.25) is 5.91 Å². The molecule has 0 bridgehead atoms. The monoisotopic (exact) mass is 598 g/mol. The number of nitrogens with one attached hydrogen (secondary N) is 1. The van der Waals surface area contributed by atoms with Gasteiger partial charge in [0.25, 0.3) is 0 Å². The van der Waals surface area contributed by atoms with Crippen LogP contribution in [0.1, 0.15) is 151 Å². The number of nitrogens with two attached hydrogens (primary N) is 1. The number of hydrogen-bond donors (Lipinski definition) is 2. The quantitative estimate of drug-likeness (QED) is 0.0489. The summed E-state index contributed by atoms with van der Waals surface area (Å²) in [6, 6.07) is 2.41. The number of hydrogen-bond acceptors (Lipinski definition) is 7. The van der Waals surface area contributed by atoms with Crippen LogP contribution in [-0.4, -0.2) is 41.7 Å². The lowest BCUT2D eigenvalue weighted by Crippen LogP contribution is -2.39. The van der Waals surface area contributed by atoms with E-state index in [1.54, 1.807) is 6.07 Å². The number of carbonyl (C=O) groups is 4. The van der Waals surface area contributed by atoms with E-state index in [0.717, 1.165) is 38.5 Å². The molecule has 0 saturated heterocycles. The number of nitrogen functional groups attached to an aromatic ring is 1. The van der Waals surface area contributed by atoms with Gasteiger partial charge in [0.15, 0.2) is 11.6 Å². The van der Waals surface area contributed by atoms with E-state index < -0.39 is 11.6 Å². The number of anilines is 1. The lowest BCUT2D eigenvalue weighted by molar-refractivity contribution is -0.145. The molecule has 0 radical (unpaired) electrons. The Morgan fingerprint density at radius 3 is 2.21 bits per heavy atom. The van der Waals surface area contributed by atoms with Gasteiger partial charge in [-0.05, 0) is 58.1 Å². The summed E-state index contributed by atoms with van der Waals surface area (Å²) < 4.78 is 11.3. The van der Waals surface area contributed by atoms with Crippen molar-refractivity contribution in [2.45, 2.75) is 142 Å². The second kappa shape index (κ2) is 19.2. The third kappa shape index (κ3) is 13.8. The van der Waals surface area contributed by atoms with Crippen molar-refractivity contribution in [3.8, 4) is 5.75 Å². The molecule has 8 nitrogen and oxygen atoms in total. The predicted octanol–water partition coefficient (Wildman–Crippen LogP) is 7.67. The van der Waals surface area contributed by atoms with Crippen molar-refractivity contribution in [2.24, 2.45) is 0 Å². The van der Waals surface area contributed by atoms with Crippen LogP contribution in [0.2, 0.25) is 0 Å². The molecule has 0 aromatic heterocycles. The lowest BCUT2D eigenvalue weighted by atomic mass is 9.89. The average Bonchev–Trinajstić information content (AvgIpc) is 2.92. The molecule has 0 aliphatic carbocycles. The highest BCUT2D eigenvalue weighted by Crippen LogP contribution is 2.38. The van der Waals surface area contributed by atoms with Gasteiger partial charge in [-0.25, -0.2) is 0 Å². The zero-order chi connectivity index (χ0) is 31.7. The first-order valence-corrected chi connectivity index (χ1v) is 16.3. The summed E-state index contributed by atoms with van der Waals surface area (Å²) in [5.74, 6) is -0.862. The highest BCUT2D eigenvalue weighted by Gasteiger charge is 2.35. The zero-order valence-corrected chi connectivity index (χ0v) is 26.9. The highest BCUT2D eigenvalue weighted by atomic mass is 16.5. The first-order valence-electron chi connectivity index (χ1n) is 16.3. The van der Waals surface area contributed by atoms with Crippen LogP contribution in [0.4, 0.5) is 5.69 Å². The summed E-state index contributed by atoms with van der Waals surface area (Å²) in [7, 11) is 0. The second-order valence-corrected chi connectivity index (χ2v) is 12.4. The molecule has 1 aromatic carbocycles. The van der Waals surface area contributed by atoms with Crippen LogP contribution in [0.15, 0.2) is 24.3 Å². The molecule has 1 aliphatic heterocycles. The smallest absolute Gasteiger partial charge is 0.305 e. The predicted molar refractivity (Wildman–Crippen MR) is 171 cm³/mol. The number of ether oxygens (including phenoxy) is 2. The maximum Gasteiger partial charge on any atom is 0.305 e. The number of unbranched alkanes of at least 4 members (excludes halogenated alkanes) is 11. The molecule has 1 unspecified atom stereocenters. The maximum atomic E-state index is 13.1. The molecule has 1 aromatic rings. The Morgan fingerprint density at radius 1 is 0.977 bits per heavy atom. The number of ketones is 2. The molecule has 3 N–H and O–H groups in total. The Labute approximate surface area is 258 Å². The van der Waals surface area contributed by atoms with Gasteiger partial charge in [-0.2, -0.15) is 0 Å². The number of amides is 1. The Bertz CT molecular complexity index is 1090. The molecular formula is C35H54N2O6. The fourth-order valence-electron chi connectivity index (χ4n) is 5.40. The van der Waals surface area contributed by atoms with Gasteiger partial charge in [-0.15, -0.1) is 0 Å². The molecule has 43 heavy (non-hydrogen) atoms. The van der Waals surface area contributed by atoms with Crippen molar-refractivity contribution in [3.05, 3.63) is 35.4 Å². The van der Waals surface area contributed by atoms with Crippen molar-refractivity contribution < 1.29 is 28.7 Å². The van der Waals surface area contributed by atoms with Crippen LogP contribution in [0.25, 0.3) is 0 Å². The van der Waals surface area contributed by atoms with E-state index >= 15 is 0 Å². The summed E-state index contributed by atoms with van der Waals surface area (Å²) in [5.41, 5.74) is 6.06. The Kier molecular flexibility index (Phi) is 16.1. The third-order valence-electron chi connectivity index (χ3n) is 7.69. The first-order chi connectivity index (χ1) is 20.5. The highest BCUT2D eigenvalue weighted by molar-refractivity contribution is 6.11. The fourth-order valence-corrected chi connectivity index (χ4v) is 5.40. The van der Waals surface area contributed by atoms with Crippen molar-refractivity contribution in [2.75, 3.05) is 12.3 Å². The number of fused-ring (bicyclic) bond motifs is 1. The number of benzene rings is 1. The van der Waals surface area contributed by atoms with Crippen LogP contribution in [0.5, 0.6) is 5.75 Å². The first kappa shape index (κ1) is 36.0. The van der Waals surface area contributed by atoms with Crippen LogP contribution >= 0.6 is 0 Å². The zero-order valence-electron chi connectivity index (χ0n) is 26.9. The lowest BCUT2D eigenvalue weighted by Gasteiger charge is -2.32. The molecule has 2 rings (SSSR count). The van der Waals surface area contributed by atoms with Gasteiger partial charge in [0.1, 0.15) is 18.0 Å². The summed E-state index contributed by atoms with van der Waals surface area (Å²) in [6.45, 7) is 7.11. The van der Waals surface area contributed by atoms with E-state index in [-0.39, 0.29) is 59.7 Å². The molecule has 0 saturated carbocycles. The van der Waals surface area contributed by atoms with Crippen LogP contribution < -0.4 is 15.8 Å². The SMILES string of the molecule is CCCCCCCCC=CCCCCCCCC(=O)OCC(CC(=O)c1ccc2c(c1N)C(=O)CC(C)(C)O2)NC(C)=O. The molecular weight excluding hydrogens is 544 g/mol. The van der Waals surface area contributed by atoms with Gasteiger partial charge in [0.05, 0.1) is 23.7 Å². The molecule has 240 valence electrons. The van der Waals surface area contributed by atoms with Gasteiger partial charge < -0.3 is 20.5 Å². The molecule has 0 fully saturated rings. The van der Waals surface area contributed by atoms with Crippen molar-refractivity contribution in [1.29, 1.82) is 0 Å². The van der Waals surface area contributed by atoms with E-state index in [9.17, 15) is 19.2 Å². The maximum absolute atomic E-state index is 13.1.